The molecule has 1 aliphatic heterocycles. The monoisotopic (exact) mass is 522 g/mol. The zero-order valence-corrected chi connectivity index (χ0v) is 22.0. The summed E-state index contributed by atoms with van der Waals surface area (Å²) < 4.78 is 2.38. The van der Waals surface area contributed by atoms with E-state index in [1.165, 1.54) is 64.8 Å². The molecule has 0 atom stereocenters. The quantitative estimate of drug-likeness (QED) is 0.228. The fourth-order valence-corrected chi connectivity index (χ4v) is 7.54. The van der Waals surface area contributed by atoms with Crippen molar-refractivity contribution in [3.8, 4) is 16.8 Å². The van der Waals surface area contributed by atoms with Gasteiger partial charge in [0.15, 0.2) is 0 Å². The van der Waals surface area contributed by atoms with E-state index in [9.17, 15) is 0 Å². The van der Waals surface area contributed by atoms with Crippen molar-refractivity contribution in [3.63, 3.8) is 0 Å². The summed E-state index contributed by atoms with van der Waals surface area (Å²) in [5.74, 6) is 0. The molecule has 4 heteroatoms. The van der Waals surface area contributed by atoms with Crippen LogP contribution in [0.5, 0.6) is 0 Å². The molecule has 0 aliphatic carbocycles. The Morgan fingerprint density at radius 1 is 0.474 bits per heavy atom. The van der Waals surface area contributed by atoms with E-state index in [2.05, 4.69) is 142 Å². The molecule has 0 N–H and O–H groups in total. The van der Waals surface area contributed by atoms with Crippen LogP contribution in [0.2, 0.25) is 0 Å². The second-order valence-electron chi connectivity index (χ2n) is 9.46. The summed E-state index contributed by atoms with van der Waals surface area (Å²) >= 11 is 3.64. The molecule has 2 aromatic heterocycles. The first-order valence-corrected chi connectivity index (χ1v) is 14.4. The van der Waals surface area contributed by atoms with Crippen molar-refractivity contribution in [1.82, 2.24) is 4.57 Å². The van der Waals surface area contributed by atoms with Crippen LogP contribution in [0.1, 0.15) is 0 Å². The van der Waals surface area contributed by atoms with E-state index in [0.717, 1.165) is 0 Å². The lowest BCUT2D eigenvalue weighted by molar-refractivity contribution is 1.17. The summed E-state index contributed by atoms with van der Waals surface area (Å²) in [6, 6.07) is 46.1. The highest BCUT2D eigenvalue weighted by Gasteiger charge is 2.24. The third-order valence-electron chi connectivity index (χ3n) is 7.30. The Morgan fingerprint density at radius 2 is 1.05 bits per heavy atom. The minimum atomic E-state index is 1.17. The highest BCUT2D eigenvalue weighted by Crippen LogP contribution is 2.51. The molecule has 0 saturated carbocycles. The van der Waals surface area contributed by atoms with Crippen LogP contribution in [0.25, 0.3) is 37.9 Å². The maximum atomic E-state index is 2.38. The van der Waals surface area contributed by atoms with Gasteiger partial charge in [-0.05, 0) is 77.2 Å². The number of hydrogen-bond acceptors (Lipinski definition) is 3. The Kier molecular flexibility index (Phi) is 4.97. The number of nitrogens with zero attached hydrogens (tertiary/aromatic N) is 2. The van der Waals surface area contributed by atoms with Crippen molar-refractivity contribution < 1.29 is 0 Å². The summed E-state index contributed by atoms with van der Waals surface area (Å²) in [5, 5.41) is 4.81. The first-order chi connectivity index (χ1) is 18.8. The summed E-state index contributed by atoms with van der Waals surface area (Å²) in [6.07, 6.45) is 0. The molecule has 0 amide bonds. The Hall–Kier alpha value is -4.25. The summed E-state index contributed by atoms with van der Waals surface area (Å²) in [6.45, 7) is 0. The number of rotatable bonds is 3. The van der Waals surface area contributed by atoms with Crippen LogP contribution < -0.4 is 4.90 Å². The fourth-order valence-electron chi connectivity index (χ4n) is 5.53. The first kappa shape index (κ1) is 21.8. The van der Waals surface area contributed by atoms with E-state index < -0.39 is 0 Å². The molecule has 180 valence electrons. The Labute approximate surface area is 229 Å². The standard InChI is InChI=1S/C34H22N2S2/c1-2-8-29-27(7-1)28-21-22-37-34(28)36(29)26-19-15-24(16-20-26)23-13-17-25(18-14-23)35-30-9-3-5-11-32(30)38-33-12-6-4-10-31(33)35/h1-22H. The molecule has 38 heavy (non-hydrogen) atoms. The number of anilines is 3. The van der Waals surface area contributed by atoms with Gasteiger partial charge < -0.3 is 9.47 Å². The van der Waals surface area contributed by atoms with Crippen molar-refractivity contribution in [2.75, 3.05) is 4.90 Å². The van der Waals surface area contributed by atoms with Crippen LogP contribution in [0.3, 0.4) is 0 Å². The van der Waals surface area contributed by atoms with Gasteiger partial charge in [0.2, 0.25) is 0 Å². The van der Waals surface area contributed by atoms with Crippen LogP contribution in [0.15, 0.2) is 143 Å². The topological polar surface area (TPSA) is 8.17 Å². The largest absolute Gasteiger partial charge is 0.308 e. The molecule has 2 nitrogen and oxygen atoms in total. The van der Waals surface area contributed by atoms with Crippen molar-refractivity contribution >= 4 is 61.3 Å². The van der Waals surface area contributed by atoms with Gasteiger partial charge in [-0.3, -0.25) is 0 Å². The van der Waals surface area contributed by atoms with E-state index in [0.29, 0.717) is 0 Å². The second kappa shape index (κ2) is 8.66. The van der Waals surface area contributed by atoms with Crippen molar-refractivity contribution in [3.05, 3.63) is 133 Å². The number of fused-ring (bicyclic) bond motifs is 5. The second-order valence-corrected chi connectivity index (χ2v) is 11.4. The SMILES string of the molecule is c1ccc2c(c1)Sc1ccccc1N2c1ccc(-c2ccc(-n3c4ccccc4c4ccsc43)cc2)cc1. The Balaban J connectivity index is 1.16. The maximum Gasteiger partial charge on any atom is 0.108 e. The zero-order valence-electron chi connectivity index (χ0n) is 20.4. The molecular weight excluding hydrogens is 501 g/mol. The number of aromatic nitrogens is 1. The average Bonchev–Trinajstić information content (AvgIpc) is 3.57. The van der Waals surface area contributed by atoms with E-state index in [1.54, 1.807) is 11.3 Å². The molecule has 0 radical (unpaired) electrons. The average molecular weight is 523 g/mol. The first-order valence-electron chi connectivity index (χ1n) is 12.7. The van der Waals surface area contributed by atoms with Crippen molar-refractivity contribution in [2.24, 2.45) is 0 Å². The maximum absolute atomic E-state index is 2.38. The van der Waals surface area contributed by atoms with Gasteiger partial charge in [0.25, 0.3) is 0 Å². The fraction of sp³-hybridized carbons (Fsp3) is 0. The minimum Gasteiger partial charge on any atom is -0.308 e. The predicted molar refractivity (Wildman–Crippen MR) is 163 cm³/mol. The van der Waals surface area contributed by atoms with Crippen LogP contribution in [-0.4, -0.2) is 4.57 Å². The van der Waals surface area contributed by atoms with Gasteiger partial charge in [0.1, 0.15) is 4.83 Å². The molecule has 0 unspecified atom stereocenters. The smallest absolute Gasteiger partial charge is 0.108 e. The molecule has 1 aliphatic rings. The Morgan fingerprint density at radius 3 is 1.74 bits per heavy atom. The molecule has 0 bridgehead atoms. The van der Waals surface area contributed by atoms with Gasteiger partial charge in [-0.25, -0.2) is 0 Å². The minimum absolute atomic E-state index is 1.17. The van der Waals surface area contributed by atoms with Gasteiger partial charge in [-0.15, -0.1) is 11.3 Å². The molecule has 0 fully saturated rings. The lowest BCUT2D eigenvalue weighted by atomic mass is 10.0. The third-order valence-corrected chi connectivity index (χ3v) is 9.33. The van der Waals surface area contributed by atoms with E-state index in [4.69, 9.17) is 0 Å². The molecule has 3 heterocycles. The Bertz CT molecular complexity index is 1900. The van der Waals surface area contributed by atoms with Gasteiger partial charge >= 0.3 is 0 Å². The molecule has 7 aromatic rings. The highest BCUT2D eigenvalue weighted by atomic mass is 32.2. The van der Waals surface area contributed by atoms with Crippen LogP contribution in [0, 0.1) is 0 Å². The molecular formula is C34H22N2S2. The van der Waals surface area contributed by atoms with Crippen LogP contribution in [0.4, 0.5) is 17.1 Å². The zero-order chi connectivity index (χ0) is 25.1. The summed E-state index contributed by atoms with van der Waals surface area (Å²) in [4.78, 5) is 6.23. The van der Waals surface area contributed by atoms with Gasteiger partial charge in [0, 0.05) is 31.9 Å². The molecule has 8 rings (SSSR count). The number of benzene rings is 5. The van der Waals surface area contributed by atoms with Crippen molar-refractivity contribution in [2.45, 2.75) is 9.79 Å². The number of thiophene rings is 1. The lowest BCUT2D eigenvalue weighted by Gasteiger charge is -2.32. The van der Waals surface area contributed by atoms with Crippen molar-refractivity contribution in [1.29, 1.82) is 0 Å². The molecule has 5 aromatic carbocycles. The predicted octanol–water partition coefficient (Wildman–Crippen LogP) is 10.4. The lowest BCUT2D eigenvalue weighted by Crippen LogP contribution is -2.14. The van der Waals surface area contributed by atoms with Crippen LogP contribution in [-0.2, 0) is 0 Å². The normalized spacial score (nSPS) is 12.6. The van der Waals surface area contributed by atoms with E-state index in [1.807, 2.05) is 11.8 Å². The molecule has 0 saturated heterocycles. The third kappa shape index (κ3) is 3.34. The van der Waals surface area contributed by atoms with Crippen LogP contribution >= 0.6 is 23.1 Å². The summed E-state index contributed by atoms with van der Waals surface area (Å²) in [5.41, 5.74) is 8.51. The molecule has 0 spiro atoms. The summed E-state index contributed by atoms with van der Waals surface area (Å²) in [7, 11) is 0. The highest BCUT2D eigenvalue weighted by molar-refractivity contribution is 7.99. The van der Waals surface area contributed by atoms with Gasteiger partial charge in [0.05, 0.1) is 16.9 Å². The van der Waals surface area contributed by atoms with E-state index >= 15 is 0 Å². The number of hydrogen-bond donors (Lipinski definition) is 0. The number of para-hydroxylation sites is 3. The van der Waals surface area contributed by atoms with Gasteiger partial charge in [-0.2, -0.15) is 0 Å². The van der Waals surface area contributed by atoms with Gasteiger partial charge in [-0.1, -0.05) is 78.5 Å². The van der Waals surface area contributed by atoms with E-state index in [-0.39, 0.29) is 0 Å².